The van der Waals surface area contributed by atoms with Crippen molar-refractivity contribution in [2.45, 2.75) is 82.2 Å². The lowest BCUT2D eigenvalue weighted by atomic mass is 9.68. The lowest BCUT2D eigenvalue weighted by molar-refractivity contribution is 0.0548. The standard InChI is InChI=1S/C26H34N2O2/c1-19(2)20-6-8-21(9-7-20)25(30)28(22-10-11-22)23-12-14-26(15-13-23,16-18-29)24-5-3-4-17-27-24/h3-9,17,19,22-23,29H,10-16,18H2,1-2H3. The second-order valence-electron chi connectivity index (χ2n) is 9.42. The number of carbonyl (C=O) groups excluding carboxylic acids is 1. The van der Waals surface area contributed by atoms with Crippen molar-refractivity contribution >= 4 is 5.91 Å². The summed E-state index contributed by atoms with van der Waals surface area (Å²) in [5, 5.41) is 9.72. The number of aliphatic hydroxyl groups excluding tert-OH is 1. The predicted octanol–water partition coefficient (Wildman–Crippen LogP) is 5.07. The first kappa shape index (κ1) is 21.0. The van der Waals surface area contributed by atoms with Crippen LogP contribution in [0.5, 0.6) is 0 Å². The van der Waals surface area contributed by atoms with Gasteiger partial charge in [-0.2, -0.15) is 0 Å². The monoisotopic (exact) mass is 406 g/mol. The van der Waals surface area contributed by atoms with Gasteiger partial charge in [0.1, 0.15) is 0 Å². The van der Waals surface area contributed by atoms with Crippen molar-refractivity contribution in [1.29, 1.82) is 0 Å². The van der Waals surface area contributed by atoms with Crippen LogP contribution in [-0.4, -0.2) is 39.6 Å². The van der Waals surface area contributed by atoms with Gasteiger partial charge in [-0.1, -0.05) is 32.0 Å². The maximum Gasteiger partial charge on any atom is 0.254 e. The van der Waals surface area contributed by atoms with Crippen LogP contribution >= 0.6 is 0 Å². The van der Waals surface area contributed by atoms with Gasteiger partial charge in [0.15, 0.2) is 0 Å². The third-order valence-corrected chi connectivity index (χ3v) is 7.10. The molecule has 4 nitrogen and oxygen atoms in total. The fraction of sp³-hybridized carbons (Fsp3) is 0.538. The summed E-state index contributed by atoms with van der Waals surface area (Å²) < 4.78 is 0. The van der Waals surface area contributed by atoms with Crippen LogP contribution in [0.2, 0.25) is 0 Å². The number of hydrogen-bond donors (Lipinski definition) is 1. The van der Waals surface area contributed by atoms with Crippen molar-refractivity contribution in [2.24, 2.45) is 0 Å². The van der Waals surface area contributed by atoms with E-state index < -0.39 is 0 Å². The molecule has 0 unspecified atom stereocenters. The van der Waals surface area contributed by atoms with Crippen LogP contribution < -0.4 is 0 Å². The Morgan fingerprint density at radius 2 is 1.73 bits per heavy atom. The number of rotatable bonds is 7. The van der Waals surface area contributed by atoms with Crippen LogP contribution in [0.4, 0.5) is 0 Å². The zero-order valence-corrected chi connectivity index (χ0v) is 18.3. The van der Waals surface area contributed by atoms with Gasteiger partial charge in [-0.15, -0.1) is 0 Å². The Kier molecular flexibility index (Phi) is 6.24. The molecule has 30 heavy (non-hydrogen) atoms. The molecule has 0 aliphatic heterocycles. The van der Waals surface area contributed by atoms with E-state index in [4.69, 9.17) is 0 Å². The van der Waals surface area contributed by atoms with Gasteiger partial charge in [0.05, 0.1) is 0 Å². The van der Waals surface area contributed by atoms with Crippen molar-refractivity contribution in [3.63, 3.8) is 0 Å². The molecule has 1 aromatic carbocycles. The quantitative estimate of drug-likeness (QED) is 0.698. The largest absolute Gasteiger partial charge is 0.396 e. The molecule has 4 rings (SSSR count). The second kappa shape index (κ2) is 8.89. The third-order valence-electron chi connectivity index (χ3n) is 7.10. The average molecular weight is 407 g/mol. The highest BCUT2D eigenvalue weighted by atomic mass is 16.3. The van der Waals surface area contributed by atoms with Gasteiger partial charge < -0.3 is 10.0 Å². The first-order valence-corrected chi connectivity index (χ1v) is 11.5. The van der Waals surface area contributed by atoms with Crippen LogP contribution in [0.1, 0.15) is 86.3 Å². The molecule has 0 bridgehead atoms. The molecule has 4 heteroatoms. The maximum absolute atomic E-state index is 13.4. The number of carbonyl (C=O) groups is 1. The first-order chi connectivity index (χ1) is 14.5. The average Bonchev–Trinajstić information content (AvgIpc) is 3.61. The lowest BCUT2D eigenvalue weighted by Gasteiger charge is -2.43. The summed E-state index contributed by atoms with van der Waals surface area (Å²) >= 11 is 0. The number of pyridine rings is 1. The molecule has 1 N–H and O–H groups in total. The third kappa shape index (κ3) is 4.29. The Hall–Kier alpha value is -2.20. The molecule has 2 aliphatic carbocycles. The Bertz CT molecular complexity index is 835. The van der Waals surface area contributed by atoms with E-state index in [-0.39, 0.29) is 24.0 Å². The van der Waals surface area contributed by atoms with Gasteiger partial charge in [0.25, 0.3) is 5.91 Å². The van der Waals surface area contributed by atoms with Gasteiger partial charge >= 0.3 is 0 Å². The first-order valence-electron chi connectivity index (χ1n) is 11.5. The number of amides is 1. The highest BCUT2D eigenvalue weighted by molar-refractivity contribution is 5.95. The van der Waals surface area contributed by atoms with Crippen LogP contribution in [0.15, 0.2) is 48.7 Å². The normalized spacial score (nSPS) is 24.1. The summed E-state index contributed by atoms with van der Waals surface area (Å²) in [6.45, 7) is 4.53. The molecule has 2 aliphatic rings. The number of aromatic nitrogens is 1. The molecule has 1 amide bonds. The van der Waals surface area contributed by atoms with E-state index in [0.717, 1.165) is 56.2 Å². The molecular weight excluding hydrogens is 372 g/mol. The Labute approximate surface area is 180 Å². The smallest absolute Gasteiger partial charge is 0.254 e. The van der Waals surface area contributed by atoms with Gasteiger partial charge in [-0.3, -0.25) is 9.78 Å². The Balaban J connectivity index is 1.50. The number of benzene rings is 1. The summed E-state index contributed by atoms with van der Waals surface area (Å²) in [6, 6.07) is 14.9. The molecule has 1 heterocycles. The minimum absolute atomic E-state index is 0.0658. The minimum atomic E-state index is -0.0658. The Morgan fingerprint density at radius 3 is 2.27 bits per heavy atom. The van der Waals surface area contributed by atoms with Crippen molar-refractivity contribution in [3.8, 4) is 0 Å². The highest BCUT2D eigenvalue weighted by Crippen LogP contribution is 2.44. The number of nitrogens with zero attached hydrogens (tertiary/aromatic N) is 2. The van der Waals surface area contributed by atoms with Gasteiger partial charge in [-0.25, -0.2) is 0 Å². The van der Waals surface area contributed by atoms with Crippen molar-refractivity contribution in [2.75, 3.05) is 6.61 Å². The van der Waals surface area contributed by atoms with E-state index >= 15 is 0 Å². The van der Waals surface area contributed by atoms with Crippen molar-refractivity contribution < 1.29 is 9.90 Å². The zero-order chi connectivity index (χ0) is 21.1. The van der Waals surface area contributed by atoms with E-state index in [1.165, 1.54) is 5.56 Å². The van der Waals surface area contributed by atoms with E-state index in [2.05, 4.69) is 41.9 Å². The lowest BCUT2D eigenvalue weighted by Crippen LogP contribution is -2.47. The summed E-state index contributed by atoms with van der Waals surface area (Å²) in [7, 11) is 0. The molecule has 1 aromatic heterocycles. The molecule has 0 atom stereocenters. The van der Waals surface area contributed by atoms with Crippen LogP contribution in [0.25, 0.3) is 0 Å². The Morgan fingerprint density at radius 1 is 1.07 bits per heavy atom. The van der Waals surface area contributed by atoms with Crippen molar-refractivity contribution in [3.05, 3.63) is 65.5 Å². The molecule has 160 valence electrons. The summed E-state index contributed by atoms with van der Waals surface area (Å²) in [5.41, 5.74) is 3.10. The molecule has 2 fully saturated rings. The highest BCUT2D eigenvalue weighted by Gasteiger charge is 2.43. The SMILES string of the molecule is CC(C)c1ccc(C(=O)N(C2CC2)C2CCC(CCO)(c3ccccn3)CC2)cc1. The van der Waals surface area contributed by atoms with Crippen LogP contribution in [0, 0.1) is 0 Å². The van der Waals surface area contributed by atoms with Crippen molar-refractivity contribution in [1.82, 2.24) is 9.88 Å². The minimum Gasteiger partial charge on any atom is -0.396 e. The predicted molar refractivity (Wildman–Crippen MR) is 120 cm³/mol. The second-order valence-corrected chi connectivity index (χ2v) is 9.42. The molecule has 0 saturated heterocycles. The van der Waals surface area contributed by atoms with Crippen LogP contribution in [0.3, 0.4) is 0 Å². The van der Waals surface area contributed by atoms with Crippen LogP contribution in [-0.2, 0) is 5.41 Å². The number of aliphatic hydroxyl groups is 1. The van der Waals surface area contributed by atoms with E-state index in [1.807, 2.05) is 30.5 Å². The fourth-order valence-electron chi connectivity index (χ4n) is 5.10. The number of hydrogen-bond acceptors (Lipinski definition) is 3. The fourth-order valence-corrected chi connectivity index (χ4v) is 5.10. The van der Waals surface area contributed by atoms with Gasteiger partial charge in [0.2, 0.25) is 0 Å². The zero-order valence-electron chi connectivity index (χ0n) is 18.3. The molecule has 2 saturated carbocycles. The molecule has 2 aromatic rings. The van der Waals surface area contributed by atoms with E-state index in [1.54, 1.807) is 0 Å². The summed E-state index contributed by atoms with van der Waals surface area (Å²) in [4.78, 5) is 20.2. The molecule has 0 radical (unpaired) electrons. The van der Waals surface area contributed by atoms with E-state index in [0.29, 0.717) is 12.0 Å². The summed E-state index contributed by atoms with van der Waals surface area (Å²) in [5.74, 6) is 0.656. The maximum atomic E-state index is 13.4. The molecule has 0 spiro atoms. The summed E-state index contributed by atoms with van der Waals surface area (Å²) in [6.07, 6.45) is 8.72. The van der Waals surface area contributed by atoms with Gasteiger partial charge in [0, 0.05) is 41.6 Å². The topological polar surface area (TPSA) is 53.4 Å². The van der Waals surface area contributed by atoms with Gasteiger partial charge in [-0.05, 0) is 80.7 Å². The molecular formula is C26H34N2O2. The van der Waals surface area contributed by atoms with E-state index in [9.17, 15) is 9.90 Å².